The quantitative estimate of drug-likeness (QED) is 0.113. The number of hydrogen-bond donors (Lipinski definition) is 0. The number of rotatable bonds is 8. The lowest BCUT2D eigenvalue weighted by Crippen LogP contribution is -2.39. The first kappa shape index (κ1) is 30.4. The van der Waals surface area contributed by atoms with E-state index in [4.69, 9.17) is 25.2 Å². The molecule has 3 aromatic heterocycles. The minimum Gasteiger partial charge on any atom is -0.463 e. The van der Waals surface area contributed by atoms with Gasteiger partial charge in [0, 0.05) is 41.5 Å². The molecule has 13 nitrogen and oxygen atoms in total. The number of fused-ring (bicyclic) bond motifs is 1. The van der Waals surface area contributed by atoms with Crippen LogP contribution in [0, 0.1) is 20.2 Å². The van der Waals surface area contributed by atoms with Crippen LogP contribution in [0.25, 0.3) is 28.7 Å². The number of aromatic nitrogens is 1. The van der Waals surface area contributed by atoms with Crippen LogP contribution >= 0.6 is 22.9 Å². The molecule has 5 aromatic rings. The summed E-state index contributed by atoms with van der Waals surface area (Å²) in [4.78, 5) is 53.3. The fourth-order valence-corrected chi connectivity index (χ4v) is 6.22. The molecule has 2 aromatic carbocycles. The van der Waals surface area contributed by atoms with Crippen LogP contribution in [0.5, 0.6) is 0 Å². The van der Waals surface area contributed by atoms with Gasteiger partial charge in [-0.2, -0.15) is 0 Å². The first-order chi connectivity index (χ1) is 22.0. The van der Waals surface area contributed by atoms with Crippen molar-refractivity contribution in [3.8, 4) is 22.6 Å². The summed E-state index contributed by atoms with van der Waals surface area (Å²) in [5, 5.41) is 22.6. The average Bonchev–Trinajstić information content (AvgIpc) is 3.77. The highest BCUT2D eigenvalue weighted by Gasteiger charge is 2.35. The van der Waals surface area contributed by atoms with Crippen molar-refractivity contribution in [1.82, 2.24) is 4.57 Å². The number of carbonyl (C=O) groups excluding carboxylic acids is 1. The van der Waals surface area contributed by atoms with E-state index in [9.17, 15) is 29.8 Å². The monoisotopic (exact) mass is 660 g/mol. The van der Waals surface area contributed by atoms with Crippen molar-refractivity contribution in [2.24, 2.45) is 4.99 Å². The second-order valence-electron chi connectivity index (χ2n) is 9.93. The van der Waals surface area contributed by atoms with Crippen LogP contribution < -0.4 is 14.9 Å². The summed E-state index contributed by atoms with van der Waals surface area (Å²) in [5.41, 5.74) is 0.547. The maximum absolute atomic E-state index is 13.9. The Labute approximate surface area is 267 Å². The highest BCUT2D eigenvalue weighted by Crippen LogP contribution is 2.37. The molecule has 0 aliphatic carbocycles. The van der Waals surface area contributed by atoms with E-state index in [2.05, 4.69) is 4.99 Å². The van der Waals surface area contributed by atoms with Crippen LogP contribution in [0.2, 0.25) is 5.02 Å². The van der Waals surface area contributed by atoms with Crippen molar-refractivity contribution in [3.05, 3.63) is 134 Å². The number of nitro benzene ring substituents is 2. The van der Waals surface area contributed by atoms with Crippen LogP contribution in [0.4, 0.5) is 11.4 Å². The second kappa shape index (κ2) is 12.1. The summed E-state index contributed by atoms with van der Waals surface area (Å²) in [6.45, 7) is 3.36. The normalized spacial score (nSPS) is 14.6. The van der Waals surface area contributed by atoms with Gasteiger partial charge in [0.25, 0.3) is 16.9 Å². The lowest BCUT2D eigenvalue weighted by atomic mass is 10.0. The molecule has 46 heavy (non-hydrogen) atoms. The smallest absolute Gasteiger partial charge is 0.338 e. The number of furan rings is 2. The largest absolute Gasteiger partial charge is 0.463 e. The number of nitro groups is 2. The topological polar surface area (TPSA) is 173 Å². The molecule has 0 saturated heterocycles. The summed E-state index contributed by atoms with van der Waals surface area (Å²) in [5.74, 6) is 0.472. The molecule has 0 bridgehead atoms. The molecule has 0 fully saturated rings. The van der Waals surface area contributed by atoms with E-state index >= 15 is 0 Å². The maximum atomic E-state index is 13.9. The second-order valence-corrected chi connectivity index (χ2v) is 11.3. The number of nitrogens with zero attached hydrogens (tertiary/aromatic N) is 4. The molecule has 1 aliphatic heterocycles. The number of allylic oxidation sites excluding steroid dienone is 1. The highest BCUT2D eigenvalue weighted by atomic mass is 35.5. The number of hydrogen-bond acceptors (Lipinski definition) is 11. The third kappa shape index (κ3) is 5.55. The summed E-state index contributed by atoms with van der Waals surface area (Å²) in [6, 6.07) is 15.2. The Morgan fingerprint density at radius 1 is 1.02 bits per heavy atom. The average molecular weight is 661 g/mol. The molecule has 0 saturated carbocycles. The van der Waals surface area contributed by atoms with Gasteiger partial charge >= 0.3 is 5.97 Å². The van der Waals surface area contributed by atoms with Gasteiger partial charge in [0.05, 0.1) is 37.3 Å². The third-order valence-corrected chi connectivity index (χ3v) is 8.41. The molecule has 0 radical (unpaired) electrons. The van der Waals surface area contributed by atoms with Gasteiger partial charge in [-0.25, -0.2) is 9.79 Å². The molecule has 0 N–H and O–H groups in total. The zero-order valence-corrected chi connectivity index (χ0v) is 25.5. The van der Waals surface area contributed by atoms with E-state index in [0.29, 0.717) is 27.6 Å². The number of halogens is 1. The molecular weight excluding hydrogens is 640 g/mol. The van der Waals surface area contributed by atoms with Gasteiger partial charge in [-0.05, 0) is 56.3 Å². The van der Waals surface area contributed by atoms with Gasteiger partial charge < -0.3 is 13.6 Å². The Morgan fingerprint density at radius 3 is 2.41 bits per heavy atom. The van der Waals surface area contributed by atoms with Crippen LogP contribution in [0.15, 0.2) is 96.6 Å². The molecular formula is C31H21ClN4O9S. The highest BCUT2D eigenvalue weighted by molar-refractivity contribution is 7.07. The number of carbonyl (C=O) groups is 1. The van der Waals surface area contributed by atoms with Crippen molar-refractivity contribution in [2.75, 3.05) is 6.61 Å². The van der Waals surface area contributed by atoms with E-state index in [-0.39, 0.29) is 50.2 Å². The first-order valence-corrected chi connectivity index (χ1v) is 14.8. The van der Waals surface area contributed by atoms with Crippen LogP contribution in [0.1, 0.15) is 31.4 Å². The Kier molecular flexibility index (Phi) is 7.98. The minimum atomic E-state index is -1.07. The molecule has 0 amide bonds. The molecule has 232 valence electrons. The van der Waals surface area contributed by atoms with Gasteiger partial charge in [0.1, 0.15) is 29.1 Å². The lowest BCUT2D eigenvalue weighted by molar-refractivity contribution is -0.385. The fourth-order valence-electron chi connectivity index (χ4n) is 4.98. The number of ether oxygens (including phenoxy) is 1. The molecule has 1 atom stereocenters. The first-order valence-electron chi connectivity index (χ1n) is 13.6. The standard InChI is InChI=1S/C31H21ClN4O9S/c1-3-43-30(38)27-16(2)33-31-34(28(27)25-13-12-24(45-25)21-14-19(36(41)42)8-10-22(21)32)29(37)26(46-31)15-20-9-11-23(44-20)17-4-6-18(7-5-17)35(39)40/h4-15,28H,3H2,1-2H3/b26-15-/t28-/m0/s1. The summed E-state index contributed by atoms with van der Waals surface area (Å²) in [7, 11) is 0. The van der Waals surface area contributed by atoms with Crippen molar-refractivity contribution in [3.63, 3.8) is 0 Å². The Morgan fingerprint density at radius 2 is 1.72 bits per heavy atom. The predicted octanol–water partition coefficient (Wildman–Crippen LogP) is 5.79. The summed E-state index contributed by atoms with van der Waals surface area (Å²) >= 11 is 7.42. The molecule has 4 heterocycles. The van der Waals surface area contributed by atoms with E-state index in [1.807, 2.05) is 0 Å². The van der Waals surface area contributed by atoms with E-state index < -0.39 is 27.4 Å². The zero-order valence-electron chi connectivity index (χ0n) is 24.0. The Balaban J connectivity index is 1.44. The number of benzene rings is 2. The van der Waals surface area contributed by atoms with Crippen molar-refractivity contribution in [1.29, 1.82) is 0 Å². The van der Waals surface area contributed by atoms with Crippen LogP contribution in [0.3, 0.4) is 0 Å². The van der Waals surface area contributed by atoms with Crippen molar-refractivity contribution >= 4 is 46.4 Å². The SMILES string of the molecule is CCOC(=O)C1=C(C)N=c2s/c(=C\c3ccc(-c4ccc([N+](=O)[O-])cc4)o3)c(=O)n2[C@H]1c1ccc(-c2cc([N+](=O)[O-])ccc2Cl)o1. The molecule has 15 heteroatoms. The maximum Gasteiger partial charge on any atom is 0.338 e. The van der Waals surface area contributed by atoms with Crippen LogP contribution in [-0.4, -0.2) is 27.0 Å². The van der Waals surface area contributed by atoms with Crippen LogP contribution in [-0.2, 0) is 9.53 Å². The molecule has 1 aliphatic rings. The van der Waals surface area contributed by atoms with Gasteiger partial charge in [-0.3, -0.25) is 29.6 Å². The van der Waals surface area contributed by atoms with Gasteiger partial charge in [0.15, 0.2) is 4.80 Å². The Hall–Kier alpha value is -5.60. The van der Waals surface area contributed by atoms with Gasteiger partial charge in [0.2, 0.25) is 0 Å². The third-order valence-electron chi connectivity index (χ3n) is 7.10. The number of non-ortho nitro benzene ring substituents is 2. The molecule has 0 spiro atoms. The van der Waals surface area contributed by atoms with Gasteiger partial charge in [-0.15, -0.1) is 0 Å². The predicted molar refractivity (Wildman–Crippen MR) is 167 cm³/mol. The summed E-state index contributed by atoms with van der Waals surface area (Å²) < 4.78 is 18.9. The van der Waals surface area contributed by atoms with E-state index in [1.54, 1.807) is 50.2 Å². The Bertz CT molecular complexity index is 2260. The van der Waals surface area contributed by atoms with Gasteiger partial charge in [-0.1, -0.05) is 22.9 Å². The zero-order chi connectivity index (χ0) is 32.7. The van der Waals surface area contributed by atoms with E-state index in [1.165, 1.54) is 41.0 Å². The van der Waals surface area contributed by atoms with Crippen molar-refractivity contribution in [2.45, 2.75) is 19.9 Å². The van der Waals surface area contributed by atoms with E-state index in [0.717, 1.165) is 11.3 Å². The number of thiazole rings is 1. The summed E-state index contributed by atoms with van der Waals surface area (Å²) in [6.07, 6.45) is 1.54. The molecule has 6 rings (SSSR count). The number of esters is 1. The fraction of sp³-hybridized carbons (Fsp3) is 0.129. The van der Waals surface area contributed by atoms with Crippen molar-refractivity contribution < 1.29 is 28.2 Å². The lowest BCUT2D eigenvalue weighted by Gasteiger charge is -2.22. The molecule has 0 unspecified atom stereocenters. The minimum absolute atomic E-state index is 0.0551.